The van der Waals surface area contributed by atoms with Crippen LogP contribution >= 0.6 is 0 Å². The highest BCUT2D eigenvalue weighted by atomic mass is 16.5. The highest BCUT2D eigenvalue weighted by Crippen LogP contribution is 2.38. The smallest absolute Gasteiger partial charge is 0.272 e. The zero-order chi connectivity index (χ0) is 23.3. The third kappa shape index (κ3) is 5.29. The first-order valence-electron chi connectivity index (χ1n) is 11.8. The van der Waals surface area contributed by atoms with Gasteiger partial charge in [0.05, 0.1) is 18.6 Å². The normalized spacial score (nSPS) is 21.1. The van der Waals surface area contributed by atoms with Crippen LogP contribution < -0.4 is 14.8 Å². The van der Waals surface area contributed by atoms with E-state index in [0.717, 1.165) is 31.4 Å². The number of rotatable bonds is 2. The Bertz CT molecular complexity index is 985. The summed E-state index contributed by atoms with van der Waals surface area (Å²) >= 11 is 0. The molecule has 1 fully saturated rings. The van der Waals surface area contributed by atoms with Gasteiger partial charge in [0.2, 0.25) is 5.91 Å². The second kappa shape index (κ2) is 10.2. The fraction of sp³-hybridized carbons (Fsp3) is 0.500. The van der Waals surface area contributed by atoms with Crippen molar-refractivity contribution in [3.8, 4) is 11.5 Å². The molecule has 7 heteroatoms. The van der Waals surface area contributed by atoms with Crippen molar-refractivity contribution in [1.82, 2.24) is 15.2 Å². The molecule has 3 heterocycles. The van der Waals surface area contributed by atoms with E-state index in [1.54, 1.807) is 30.3 Å². The average molecular weight is 452 g/mol. The summed E-state index contributed by atoms with van der Waals surface area (Å²) in [5.74, 6) is 1.49. The molecule has 0 radical (unpaired) electrons. The summed E-state index contributed by atoms with van der Waals surface area (Å²) in [5, 5.41) is 3.18. The first-order valence-corrected chi connectivity index (χ1v) is 11.8. The molecule has 1 atom stereocenters. The first kappa shape index (κ1) is 23.1. The van der Waals surface area contributed by atoms with E-state index in [0.29, 0.717) is 44.0 Å². The van der Waals surface area contributed by atoms with Gasteiger partial charge >= 0.3 is 0 Å². The molecule has 1 aromatic carbocycles. The van der Waals surface area contributed by atoms with Gasteiger partial charge in [0.1, 0.15) is 23.8 Å². The Labute approximate surface area is 195 Å². The van der Waals surface area contributed by atoms with Gasteiger partial charge in [0.15, 0.2) is 0 Å². The van der Waals surface area contributed by atoms with E-state index < -0.39 is 5.41 Å². The minimum absolute atomic E-state index is 0.0825. The van der Waals surface area contributed by atoms with Crippen molar-refractivity contribution in [2.75, 3.05) is 26.8 Å². The van der Waals surface area contributed by atoms with Crippen LogP contribution in [-0.2, 0) is 11.2 Å². The monoisotopic (exact) mass is 451 g/mol. The van der Waals surface area contributed by atoms with Gasteiger partial charge < -0.3 is 19.7 Å². The Morgan fingerprint density at radius 2 is 1.97 bits per heavy atom. The van der Waals surface area contributed by atoms with Crippen LogP contribution in [0.1, 0.15) is 55.1 Å². The number of nitrogens with zero attached hydrogens (tertiary/aromatic N) is 2. The van der Waals surface area contributed by atoms with E-state index in [1.165, 1.54) is 5.56 Å². The molecule has 2 aliphatic rings. The molecule has 1 saturated heterocycles. The molecule has 0 unspecified atom stereocenters. The maximum Gasteiger partial charge on any atom is 0.272 e. The van der Waals surface area contributed by atoms with Crippen LogP contribution in [0, 0.1) is 5.41 Å². The number of methoxy groups -OCH3 is 1. The zero-order valence-electron chi connectivity index (χ0n) is 19.5. The predicted octanol–water partition coefficient (Wildman–Crippen LogP) is 3.62. The first-order chi connectivity index (χ1) is 16.0. The molecule has 2 aromatic rings. The lowest BCUT2D eigenvalue weighted by Gasteiger charge is -2.41. The quantitative estimate of drug-likeness (QED) is 0.754. The lowest BCUT2D eigenvalue weighted by atomic mass is 9.73. The summed E-state index contributed by atoms with van der Waals surface area (Å²) in [5.41, 5.74) is 1.14. The van der Waals surface area contributed by atoms with E-state index in [4.69, 9.17) is 9.47 Å². The van der Waals surface area contributed by atoms with Crippen molar-refractivity contribution in [1.29, 1.82) is 0 Å². The lowest BCUT2D eigenvalue weighted by molar-refractivity contribution is -0.135. The van der Waals surface area contributed by atoms with Crippen LogP contribution in [0.25, 0.3) is 0 Å². The predicted molar refractivity (Wildman–Crippen MR) is 125 cm³/mol. The molecular weight excluding hydrogens is 418 g/mol. The van der Waals surface area contributed by atoms with Crippen molar-refractivity contribution < 1.29 is 19.1 Å². The third-order valence-electron chi connectivity index (χ3n) is 6.87. The van der Waals surface area contributed by atoms with Crippen LogP contribution in [0.2, 0.25) is 0 Å². The molecule has 7 nitrogen and oxygen atoms in total. The standard InChI is InChI=1S/C26H33N3O4/c1-19-18-33-23-9-4-3-7-20(23)8-5-6-11-26(25(31)28-19)12-15-29(16-13-26)24(30)22-17-21(32-2)10-14-27-22/h3-4,7,9-10,14,17,19H,5-6,8,11-13,15-16,18H2,1-2H3,(H,28,31)/t19-/m1/s1. The Morgan fingerprint density at radius 1 is 1.18 bits per heavy atom. The van der Waals surface area contributed by atoms with E-state index >= 15 is 0 Å². The summed E-state index contributed by atoms with van der Waals surface area (Å²) < 4.78 is 11.2. The number of ether oxygens (including phenoxy) is 2. The number of amides is 2. The summed E-state index contributed by atoms with van der Waals surface area (Å²) in [6.45, 7) is 3.50. The second-order valence-electron chi connectivity index (χ2n) is 9.15. The topological polar surface area (TPSA) is 80.8 Å². The van der Waals surface area contributed by atoms with Crippen LogP contribution in [-0.4, -0.2) is 54.5 Å². The average Bonchev–Trinajstić information content (AvgIpc) is 2.85. The molecule has 0 aliphatic carbocycles. The molecule has 2 aliphatic heterocycles. The number of hydrogen-bond donors (Lipinski definition) is 1. The number of carbonyl (C=O) groups excluding carboxylic acids is 2. The second-order valence-corrected chi connectivity index (χ2v) is 9.15. The number of fused-ring (bicyclic) bond motifs is 1. The number of pyridine rings is 1. The summed E-state index contributed by atoms with van der Waals surface area (Å²) in [6.07, 6.45) is 6.61. The fourth-order valence-electron chi connectivity index (χ4n) is 4.81. The molecule has 0 bridgehead atoms. The van der Waals surface area contributed by atoms with Gasteiger partial charge in [-0.05, 0) is 56.7 Å². The van der Waals surface area contributed by atoms with Gasteiger partial charge in [-0.3, -0.25) is 14.6 Å². The molecule has 2 amide bonds. The number of aromatic nitrogens is 1. The van der Waals surface area contributed by atoms with Gasteiger partial charge in [0, 0.05) is 25.4 Å². The molecule has 33 heavy (non-hydrogen) atoms. The maximum absolute atomic E-state index is 13.4. The van der Waals surface area contributed by atoms with Crippen LogP contribution in [0.4, 0.5) is 0 Å². The molecule has 1 N–H and O–H groups in total. The number of carbonyl (C=O) groups is 2. The van der Waals surface area contributed by atoms with Gasteiger partial charge in [-0.25, -0.2) is 0 Å². The maximum atomic E-state index is 13.4. The summed E-state index contributed by atoms with van der Waals surface area (Å²) in [4.78, 5) is 32.4. The van der Waals surface area contributed by atoms with E-state index in [2.05, 4.69) is 16.4 Å². The third-order valence-corrected chi connectivity index (χ3v) is 6.87. The molecule has 0 saturated carbocycles. The number of aryl methyl sites for hydroxylation is 1. The molecule has 176 valence electrons. The van der Waals surface area contributed by atoms with Crippen molar-refractivity contribution in [2.45, 2.75) is 51.5 Å². The van der Waals surface area contributed by atoms with Crippen molar-refractivity contribution in [3.63, 3.8) is 0 Å². The van der Waals surface area contributed by atoms with Crippen LogP contribution in [0.5, 0.6) is 11.5 Å². The minimum Gasteiger partial charge on any atom is -0.497 e. The Kier molecular flexibility index (Phi) is 7.16. The van der Waals surface area contributed by atoms with Gasteiger partial charge in [-0.15, -0.1) is 0 Å². The van der Waals surface area contributed by atoms with E-state index in [1.807, 2.05) is 25.1 Å². The number of piperidine rings is 1. The molecular formula is C26H33N3O4. The van der Waals surface area contributed by atoms with E-state index in [-0.39, 0.29) is 17.9 Å². The number of para-hydroxylation sites is 1. The zero-order valence-corrected chi connectivity index (χ0v) is 19.5. The number of likely N-dealkylation sites (tertiary alicyclic amines) is 1. The number of nitrogens with one attached hydrogen (secondary N) is 1. The highest BCUT2D eigenvalue weighted by molar-refractivity contribution is 5.93. The fourth-order valence-corrected chi connectivity index (χ4v) is 4.81. The Balaban J connectivity index is 1.45. The summed E-state index contributed by atoms with van der Waals surface area (Å²) in [7, 11) is 1.57. The molecule has 1 spiro atoms. The van der Waals surface area contributed by atoms with Crippen molar-refractivity contribution in [3.05, 3.63) is 53.9 Å². The lowest BCUT2D eigenvalue weighted by Crippen LogP contribution is -2.52. The highest BCUT2D eigenvalue weighted by Gasteiger charge is 2.42. The minimum atomic E-state index is -0.453. The Morgan fingerprint density at radius 3 is 2.76 bits per heavy atom. The molecule has 4 rings (SSSR count). The SMILES string of the molecule is COc1ccnc(C(=O)N2CCC3(CCCCc4ccccc4OC[C@@H](C)NC3=O)CC2)c1. The largest absolute Gasteiger partial charge is 0.497 e. The van der Waals surface area contributed by atoms with E-state index in [9.17, 15) is 9.59 Å². The molecule has 1 aromatic heterocycles. The Hall–Kier alpha value is -3.09. The number of hydrogen-bond acceptors (Lipinski definition) is 5. The van der Waals surface area contributed by atoms with Gasteiger partial charge in [-0.2, -0.15) is 0 Å². The van der Waals surface area contributed by atoms with Crippen molar-refractivity contribution >= 4 is 11.8 Å². The number of benzene rings is 1. The van der Waals surface area contributed by atoms with Crippen molar-refractivity contribution in [2.24, 2.45) is 5.41 Å². The van der Waals surface area contributed by atoms with Gasteiger partial charge in [0.25, 0.3) is 5.91 Å². The summed E-state index contributed by atoms with van der Waals surface area (Å²) in [6, 6.07) is 11.4. The van der Waals surface area contributed by atoms with Gasteiger partial charge in [-0.1, -0.05) is 24.6 Å². The van der Waals surface area contributed by atoms with Crippen LogP contribution in [0.3, 0.4) is 0 Å². The van der Waals surface area contributed by atoms with Crippen LogP contribution in [0.15, 0.2) is 42.6 Å².